The fraction of sp³-hybridized carbons (Fsp3) is 0.667. The molecule has 12 heavy (non-hydrogen) atoms. The molecule has 1 heterocycles. The maximum absolute atomic E-state index is 10.8. The molecule has 0 bridgehead atoms. The number of aliphatic hydroxyl groups excluding tert-OH is 1. The van der Waals surface area contributed by atoms with Crippen LogP contribution < -0.4 is 0 Å². The van der Waals surface area contributed by atoms with E-state index in [9.17, 15) is 4.79 Å². The first kappa shape index (κ1) is 11.2. The van der Waals surface area contributed by atoms with Gasteiger partial charge in [0, 0.05) is 12.7 Å². The summed E-state index contributed by atoms with van der Waals surface area (Å²) in [6, 6.07) is 0. The topological polar surface area (TPSA) is 40.5 Å². The van der Waals surface area contributed by atoms with Gasteiger partial charge < -0.3 is 10.0 Å². The fourth-order valence-corrected chi connectivity index (χ4v) is 0.979. The van der Waals surface area contributed by atoms with Gasteiger partial charge in [0.1, 0.15) is 6.61 Å². The number of hydrogen-bond donors (Lipinski definition) is 1. The minimum Gasteiger partial charge on any atom is -0.387 e. The van der Waals surface area contributed by atoms with Crippen molar-refractivity contribution in [2.24, 2.45) is 0 Å². The molecule has 0 aromatic carbocycles. The number of nitrogens with zero attached hydrogens (tertiary/aromatic N) is 1. The number of carbonyl (C=O) groups excluding carboxylic acids is 1. The Kier molecular flexibility index (Phi) is 5.37. The van der Waals surface area contributed by atoms with E-state index in [1.807, 2.05) is 20.8 Å². The smallest absolute Gasteiger partial charge is 0.252 e. The molecule has 1 aliphatic rings. The van der Waals surface area contributed by atoms with Crippen LogP contribution in [-0.4, -0.2) is 29.1 Å². The highest BCUT2D eigenvalue weighted by Crippen LogP contribution is 2.12. The summed E-state index contributed by atoms with van der Waals surface area (Å²) in [4.78, 5) is 12.3. The normalized spacial score (nSPS) is 15.0. The Morgan fingerprint density at radius 3 is 2.58 bits per heavy atom. The van der Waals surface area contributed by atoms with Gasteiger partial charge in [-0.2, -0.15) is 0 Å². The van der Waals surface area contributed by atoms with Crippen LogP contribution in [0.2, 0.25) is 0 Å². The Hall–Kier alpha value is -0.830. The third-order valence-corrected chi connectivity index (χ3v) is 1.58. The molecule has 0 aromatic heterocycles. The largest absolute Gasteiger partial charge is 0.387 e. The van der Waals surface area contributed by atoms with Crippen LogP contribution in [0.15, 0.2) is 11.8 Å². The van der Waals surface area contributed by atoms with Gasteiger partial charge in [-0.1, -0.05) is 19.4 Å². The molecule has 0 saturated heterocycles. The van der Waals surface area contributed by atoms with Gasteiger partial charge in [-0.25, -0.2) is 0 Å². The van der Waals surface area contributed by atoms with Crippen LogP contribution in [-0.2, 0) is 4.79 Å². The van der Waals surface area contributed by atoms with E-state index in [4.69, 9.17) is 5.11 Å². The Labute approximate surface area is 73.7 Å². The lowest BCUT2D eigenvalue weighted by atomic mass is 10.3. The van der Waals surface area contributed by atoms with E-state index in [1.165, 1.54) is 5.57 Å². The van der Waals surface area contributed by atoms with E-state index >= 15 is 0 Å². The number of amides is 1. The molecule has 0 aliphatic carbocycles. The van der Waals surface area contributed by atoms with E-state index in [0.29, 0.717) is 0 Å². The minimum atomic E-state index is -0.385. The predicted molar refractivity (Wildman–Crippen MR) is 48.5 cm³/mol. The maximum Gasteiger partial charge on any atom is 0.252 e. The Bertz CT molecular complexity index is 175. The zero-order valence-electron chi connectivity index (χ0n) is 8.00. The van der Waals surface area contributed by atoms with Gasteiger partial charge in [0.05, 0.1) is 0 Å². The molecule has 1 amide bonds. The number of hydrogen-bond acceptors (Lipinski definition) is 2. The first-order valence-electron chi connectivity index (χ1n) is 4.31. The summed E-state index contributed by atoms with van der Waals surface area (Å²) in [7, 11) is 0. The van der Waals surface area contributed by atoms with Crippen LogP contribution in [0.25, 0.3) is 0 Å². The summed E-state index contributed by atoms with van der Waals surface area (Å²) < 4.78 is 0. The second-order valence-corrected chi connectivity index (χ2v) is 2.47. The fourth-order valence-electron chi connectivity index (χ4n) is 0.979. The van der Waals surface area contributed by atoms with Crippen LogP contribution in [0.1, 0.15) is 27.2 Å². The second kappa shape index (κ2) is 5.77. The van der Waals surface area contributed by atoms with Gasteiger partial charge in [-0.3, -0.25) is 4.79 Å². The standard InChI is InChI=1S/C7H11NO2.C2H6/c1-6-2-3-8(4-6)7(10)5-9;1-2/h4,9H,2-3,5H2,1H3;1-2H3. The molecule has 0 saturated carbocycles. The maximum atomic E-state index is 10.8. The summed E-state index contributed by atoms with van der Waals surface area (Å²) in [6.07, 6.45) is 2.73. The lowest BCUT2D eigenvalue weighted by Crippen LogP contribution is -2.26. The molecule has 3 nitrogen and oxygen atoms in total. The van der Waals surface area contributed by atoms with Crippen molar-refractivity contribution < 1.29 is 9.90 Å². The zero-order chi connectivity index (χ0) is 9.56. The molecule has 0 radical (unpaired) electrons. The van der Waals surface area contributed by atoms with Gasteiger partial charge in [-0.05, 0) is 13.3 Å². The second-order valence-electron chi connectivity index (χ2n) is 2.47. The molecular formula is C9H17NO2. The van der Waals surface area contributed by atoms with Crippen molar-refractivity contribution in [2.45, 2.75) is 27.2 Å². The SMILES string of the molecule is CC.CC1=CN(C(=O)CO)CC1. The Morgan fingerprint density at radius 2 is 2.25 bits per heavy atom. The van der Waals surface area contributed by atoms with Crippen molar-refractivity contribution >= 4 is 5.91 Å². The highest BCUT2D eigenvalue weighted by atomic mass is 16.3. The quantitative estimate of drug-likeness (QED) is 0.642. The number of rotatable bonds is 1. The van der Waals surface area contributed by atoms with Crippen LogP contribution in [0.3, 0.4) is 0 Å². The summed E-state index contributed by atoms with van der Waals surface area (Å²) in [6.45, 7) is 6.32. The number of carbonyl (C=O) groups is 1. The minimum absolute atomic E-state index is 0.211. The third-order valence-electron chi connectivity index (χ3n) is 1.58. The van der Waals surface area contributed by atoms with Gasteiger partial charge in [-0.15, -0.1) is 0 Å². The first-order valence-corrected chi connectivity index (χ1v) is 4.31. The predicted octanol–water partition coefficient (Wildman–Crippen LogP) is 1.14. The highest BCUT2D eigenvalue weighted by molar-refractivity contribution is 5.78. The summed E-state index contributed by atoms with van der Waals surface area (Å²) in [5.41, 5.74) is 1.20. The average Bonchev–Trinajstić information content (AvgIpc) is 2.54. The van der Waals surface area contributed by atoms with Crippen molar-refractivity contribution in [1.82, 2.24) is 4.90 Å². The van der Waals surface area contributed by atoms with E-state index in [2.05, 4.69) is 0 Å². The zero-order valence-corrected chi connectivity index (χ0v) is 8.00. The molecule has 3 heteroatoms. The highest BCUT2D eigenvalue weighted by Gasteiger charge is 2.14. The third kappa shape index (κ3) is 3.05. The van der Waals surface area contributed by atoms with E-state index in [0.717, 1.165) is 13.0 Å². The number of aliphatic hydroxyl groups is 1. The van der Waals surface area contributed by atoms with Gasteiger partial charge in [0.15, 0.2) is 0 Å². The molecule has 0 aromatic rings. The lowest BCUT2D eigenvalue weighted by molar-refractivity contribution is -0.131. The molecular weight excluding hydrogens is 154 g/mol. The molecule has 1 aliphatic heterocycles. The lowest BCUT2D eigenvalue weighted by Gasteiger charge is -2.09. The summed E-state index contributed by atoms with van der Waals surface area (Å²) >= 11 is 0. The molecule has 0 fully saturated rings. The van der Waals surface area contributed by atoms with E-state index < -0.39 is 0 Å². The van der Waals surface area contributed by atoms with Crippen LogP contribution in [0.5, 0.6) is 0 Å². The van der Waals surface area contributed by atoms with Crippen molar-refractivity contribution in [2.75, 3.05) is 13.2 Å². The first-order chi connectivity index (χ1) is 5.74. The molecule has 1 rings (SSSR count). The summed E-state index contributed by atoms with van der Waals surface area (Å²) in [5.74, 6) is -0.211. The van der Waals surface area contributed by atoms with Gasteiger partial charge in [0.25, 0.3) is 5.91 Å². The van der Waals surface area contributed by atoms with Crippen LogP contribution in [0, 0.1) is 0 Å². The molecule has 0 unspecified atom stereocenters. The Morgan fingerprint density at radius 1 is 1.67 bits per heavy atom. The molecule has 1 N–H and O–H groups in total. The van der Waals surface area contributed by atoms with Crippen LogP contribution >= 0.6 is 0 Å². The van der Waals surface area contributed by atoms with Crippen molar-refractivity contribution in [3.05, 3.63) is 11.8 Å². The average molecular weight is 171 g/mol. The van der Waals surface area contributed by atoms with E-state index in [-0.39, 0.29) is 12.5 Å². The van der Waals surface area contributed by atoms with Crippen LogP contribution in [0.4, 0.5) is 0 Å². The van der Waals surface area contributed by atoms with Gasteiger partial charge >= 0.3 is 0 Å². The Balaban J connectivity index is 0.000000561. The van der Waals surface area contributed by atoms with Crippen molar-refractivity contribution in [3.63, 3.8) is 0 Å². The van der Waals surface area contributed by atoms with Crippen molar-refractivity contribution in [1.29, 1.82) is 0 Å². The van der Waals surface area contributed by atoms with Gasteiger partial charge in [0.2, 0.25) is 0 Å². The summed E-state index contributed by atoms with van der Waals surface area (Å²) in [5, 5.41) is 8.46. The van der Waals surface area contributed by atoms with E-state index in [1.54, 1.807) is 11.1 Å². The monoisotopic (exact) mass is 171 g/mol. The molecule has 70 valence electrons. The molecule has 0 spiro atoms. The molecule has 0 atom stereocenters. The van der Waals surface area contributed by atoms with Crippen molar-refractivity contribution in [3.8, 4) is 0 Å².